The molecule has 2 aromatic rings. The van der Waals surface area contributed by atoms with Crippen LogP contribution in [0, 0.1) is 20.8 Å². The van der Waals surface area contributed by atoms with Gasteiger partial charge in [0, 0.05) is 36.8 Å². The van der Waals surface area contributed by atoms with Crippen LogP contribution in [0.2, 0.25) is 0 Å². The van der Waals surface area contributed by atoms with Crippen LogP contribution in [0.5, 0.6) is 0 Å². The highest BCUT2D eigenvalue weighted by Crippen LogP contribution is 2.18. The van der Waals surface area contributed by atoms with Gasteiger partial charge in [0.1, 0.15) is 17.4 Å². The Balaban J connectivity index is 1.55. The van der Waals surface area contributed by atoms with Crippen LogP contribution >= 0.6 is 0 Å². The summed E-state index contributed by atoms with van der Waals surface area (Å²) in [6.07, 6.45) is 4.72. The normalized spacial score (nSPS) is 14.5. The van der Waals surface area contributed by atoms with Crippen molar-refractivity contribution in [2.75, 3.05) is 18.0 Å². The number of aryl methyl sites for hydroxylation is 3. The Labute approximate surface area is 154 Å². The van der Waals surface area contributed by atoms with Crippen LogP contribution in [0.15, 0.2) is 10.6 Å². The second-order valence-electron chi connectivity index (χ2n) is 6.91. The number of amides is 1. The molecule has 7 nitrogen and oxygen atoms in total. The molecule has 0 aromatic carbocycles. The van der Waals surface area contributed by atoms with E-state index in [2.05, 4.69) is 25.3 Å². The number of hydrogen-bond donors (Lipinski definition) is 1. The van der Waals surface area contributed by atoms with Gasteiger partial charge in [0.15, 0.2) is 0 Å². The molecule has 0 atom stereocenters. The number of nitrogens with zero attached hydrogens (tertiary/aromatic N) is 4. The number of anilines is 1. The quantitative estimate of drug-likeness (QED) is 0.855. The molecular formula is C19H27N5O2. The molecule has 1 aliphatic heterocycles. The topological polar surface area (TPSA) is 84.2 Å². The van der Waals surface area contributed by atoms with Crippen LogP contribution < -0.4 is 10.2 Å². The molecule has 0 bridgehead atoms. The van der Waals surface area contributed by atoms with E-state index in [1.165, 1.54) is 19.3 Å². The molecule has 1 aliphatic rings. The first-order valence-electron chi connectivity index (χ1n) is 9.31. The van der Waals surface area contributed by atoms with Crippen molar-refractivity contribution in [2.24, 2.45) is 0 Å². The molecule has 0 radical (unpaired) electrons. The van der Waals surface area contributed by atoms with Gasteiger partial charge < -0.3 is 14.7 Å². The first-order valence-corrected chi connectivity index (χ1v) is 9.31. The fourth-order valence-electron chi connectivity index (χ4n) is 3.34. The third kappa shape index (κ3) is 4.59. The zero-order valence-corrected chi connectivity index (χ0v) is 15.8. The van der Waals surface area contributed by atoms with Crippen LogP contribution in [0.1, 0.15) is 54.2 Å². The Morgan fingerprint density at radius 2 is 1.96 bits per heavy atom. The summed E-state index contributed by atoms with van der Waals surface area (Å²) in [5, 5.41) is 6.84. The Hall–Kier alpha value is -2.44. The van der Waals surface area contributed by atoms with Gasteiger partial charge in [0.25, 0.3) is 0 Å². The van der Waals surface area contributed by atoms with E-state index in [9.17, 15) is 4.79 Å². The predicted octanol–water partition coefficient (Wildman–Crippen LogP) is 2.63. The first-order chi connectivity index (χ1) is 12.5. The maximum Gasteiger partial charge on any atom is 0.220 e. The third-order valence-electron chi connectivity index (χ3n) is 4.79. The zero-order valence-electron chi connectivity index (χ0n) is 15.8. The molecule has 0 spiro atoms. The van der Waals surface area contributed by atoms with Gasteiger partial charge in [-0.2, -0.15) is 0 Å². The largest absolute Gasteiger partial charge is 0.361 e. The first kappa shape index (κ1) is 18.4. The minimum Gasteiger partial charge on any atom is -0.361 e. The van der Waals surface area contributed by atoms with Gasteiger partial charge in [-0.1, -0.05) is 5.16 Å². The summed E-state index contributed by atoms with van der Waals surface area (Å²) in [6, 6.07) is 2.02. The number of hydrogen-bond acceptors (Lipinski definition) is 6. The van der Waals surface area contributed by atoms with Crippen LogP contribution in [-0.2, 0) is 17.8 Å². The maximum atomic E-state index is 12.2. The summed E-state index contributed by atoms with van der Waals surface area (Å²) in [5.41, 5.74) is 2.79. The Kier molecular flexibility index (Phi) is 5.85. The molecule has 3 rings (SSSR count). The minimum absolute atomic E-state index is 0.0189. The maximum absolute atomic E-state index is 12.2. The predicted molar refractivity (Wildman–Crippen MR) is 99.0 cm³/mol. The van der Waals surface area contributed by atoms with Crippen LogP contribution in [-0.4, -0.2) is 34.1 Å². The lowest BCUT2D eigenvalue weighted by atomic mass is 10.1. The molecule has 26 heavy (non-hydrogen) atoms. The number of rotatable bonds is 6. The summed E-state index contributed by atoms with van der Waals surface area (Å²) in [7, 11) is 0. The fraction of sp³-hybridized carbons (Fsp3) is 0.579. The lowest BCUT2D eigenvalue weighted by Crippen LogP contribution is -2.31. The molecular weight excluding hydrogens is 330 g/mol. The number of carbonyl (C=O) groups excluding carboxylic acids is 1. The summed E-state index contributed by atoms with van der Waals surface area (Å²) >= 11 is 0. The smallest absolute Gasteiger partial charge is 0.220 e. The summed E-state index contributed by atoms with van der Waals surface area (Å²) in [4.78, 5) is 23.6. The molecule has 0 saturated carbocycles. The summed E-state index contributed by atoms with van der Waals surface area (Å²) < 4.78 is 5.13. The van der Waals surface area contributed by atoms with Gasteiger partial charge in [-0.3, -0.25) is 4.79 Å². The molecule has 3 heterocycles. The molecule has 1 amide bonds. The Bertz CT molecular complexity index is 746. The second kappa shape index (κ2) is 8.29. The summed E-state index contributed by atoms with van der Waals surface area (Å²) in [6.45, 7) is 8.17. The SMILES string of the molecule is Cc1cc(N2CCCCC2)nc(CNC(=O)CCc2c(C)noc2C)n1. The summed E-state index contributed by atoms with van der Waals surface area (Å²) in [5.74, 6) is 2.39. The lowest BCUT2D eigenvalue weighted by Gasteiger charge is -2.28. The van der Waals surface area contributed by atoms with E-state index in [1.54, 1.807) is 0 Å². The van der Waals surface area contributed by atoms with Gasteiger partial charge in [-0.05, 0) is 46.5 Å². The molecule has 2 aromatic heterocycles. The van der Waals surface area contributed by atoms with E-state index in [1.807, 2.05) is 26.8 Å². The number of nitrogens with one attached hydrogen (secondary N) is 1. The molecule has 140 valence electrons. The van der Waals surface area contributed by atoms with Gasteiger partial charge >= 0.3 is 0 Å². The molecule has 1 N–H and O–H groups in total. The van der Waals surface area contributed by atoms with Gasteiger partial charge in [0.2, 0.25) is 5.91 Å². The Morgan fingerprint density at radius 3 is 2.65 bits per heavy atom. The van der Waals surface area contributed by atoms with Gasteiger partial charge in [-0.15, -0.1) is 0 Å². The average Bonchev–Trinajstić information content (AvgIpc) is 2.96. The molecule has 1 saturated heterocycles. The lowest BCUT2D eigenvalue weighted by molar-refractivity contribution is -0.121. The van der Waals surface area contributed by atoms with Crippen LogP contribution in [0.25, 0.3) is 0 Å². The Morgan fingerprint density at radius 1 is 1.19 bits per heavy atom. The molecule has 7 heteroatoms. The van der Waals surface area contributed by atoms with Crippen molar-refractivity contribution >= 4 is 11.7 Å². The highest BCUT2D eigenvalue weighted by molar-refractivity contribution is 5.76. The minimum atomic E-state index is -0.0189. The highest BCUT2D eigenvalue weighted by atomic mass is 16.5. The third-order valence-corrected chi connectivity index (χ3v) is 4.79. The van der Waals surface area contributed by atoms with E-state index in [4.69, 9.17) is 4.52 Å². The zero-order chi connectivity index (χ0) is 18.5. The van der Waals surface area contributed by atoms with Gasteiger partial charge in [-0.25, -0.2) is 9.97 Å². The fourth-order valence-corrected chi connectivity index (χ4v) is 3.34. The van der Waals surface area contributed by atoms with E-state index >= 15 is 0 Å². The van der Waals surface area contributed by atoms with Crippen molar-refractivity contribution in [2.45, 2.75) is 59.4 Å². The number of piperidine rings is 1. The monoisotopic (exact) mass is 357 g/mol. The molecule has 1 fully saturated rings. The molecule has 0 aliphatic carbocycles. The van der Waals surface area contributed by atoms with E-state index in [0.717, 1.165) is 41.6 Å². The van der Waals surface area contributed by atoms with E-state index in [-0.39, 0.29) is 5.91 Å². The second-order valence-corrected chi connectivity index (χ2v) is 6.91. The van der Waals surface area contributed by atoms with Crippen molar-refractivity contribution in [3.63, 3.8) is 0 Å². The highest BCUT2D eigenvalue weighted by Gasteiger charge is 2.15. The average molecular weight is 357 g/mol. The van der Waals surface area contributed by atoms with Crippen LogP contribution in [0.4, 0.5) is 5.82 Å². The number of aromatic nitrogens is 3. The molecule has 0 unspecified atom stereocenters. The van der Waals surface area contributed by atoms with Crippen molar-refractivity contribution in [1.82, 2.24) is 20.4 Å². The number of carbonyl (C=O) groups is 1. The van der Waals surface area contributed by atoms with E-state index in [0.29, 0.717) is 25.2 Å². The van der Waals surface area contributed by atoms with Crippen molar-refractivity contribution in [1.29, 1.82) is 0 Å². The van der Waals surface area contributed by atoms with Crippen molar-refractivity contribution in [3.05, 3.63) is 34.6 Å². The van der Waals surface area contributed by atoms with Gasteiger partial charge in [0.05, 0.1) is 12.2 Å². The standard InChI is InChI=1S/C19H27N5O2/c1-13-11-18(24-9-5-4-6-10-24)22-17(21-13)12-20-19(25)8-7-16-14(2)23-26-15(16)3/h11H,4-10,12H2,1-3H3,(H,20,25). The van der Waals surface area contributed by atoms with Crippen LogP contribution in [0.3, 0.4) is 0 Å². The van der Waals surface area contributed by atoms with E-state index < -0.39 is 0 Å². The van der Waals surface area contributed by atoms with Crippen molar-refractivity contribution in [3.8, 4) is 0 Å². The van der Waals surface area contributed by atoms with Crippen molar-refractivity contribution < 1.29 is 9.32 Å².